The third-order valence-corrected chi connectivity index (χ3v) is 9.78. The Morgan fingerprint density at radius 1 is 0.528 bits per heavy atom. The standard InChI is InChI=1S/C48H33N3O2/c1-31(33-13-5-3-6-14-33)49-48(37-26-28-44-42(29-37)39-17-9-11-19-43(39)51(44)38-15-7-4-8-16-38)50-32(2)34-21-23-35(24-22-34)36-25-27-41-46(30-36)53-45-20-12-10-18-40(45)47(41)52/h3-30H,2H2,1H3. The summed E-state index contributed by atoms with van der Waals surface area (Å²) in [7, 11) is 0. The number of aliphatic imine (C=N–C) groups is 2. The second kappa shape index (κ2) is 13.2. The number of aromatic nitrogens is 1. The SMILES string of the molecule is C=C(N=C(N=C(C)c1ccccc1)c1ccc2c(c1)c1ccccc1n2-c1ccccc1)c1ccc(-c2ccc3c(=O)c4ccccc4oc3c2)cc1. The van der Waals surface area contributed by atoms with Gasteiger partial charge in [-0.05, 0) is 89.8 Å². The smallest absolute Gasteiger partial charge is 0.200 e. The van der Waals surface area contributed by atoms with Crippen molar-refractivity contribution in [2.24, 2.45) is 9.98 Å². The topological polar surface area (TPSA) is 59.9 Å². The molecule has 9 aromatic rings. The molecule has 0 atom stereocenters. The monoisotopic (exact) mass is 683 g/mol. The van der Waals surface area contributed by atoms with Gasteiger partial charge in [-0.2, -0.15) is 0 Å². The van der Waals surface area contributed by atoms with Crippen LogP contribution in [0.15, 0.2) is 196 Å². The Morgan fingerprint density at radius 3 is 1.94 bits per heavy atom. The van der Waals surface area contributed by atoms with E-state index in [9.17, 15) is 4.79 Å². The van der Waals surface area contributed by atoms with Crippen molar-refractivity contribution in [3.8, 4) is 16.8 Å². The van der Waals surface area contributed by atoms with Crippen molar-refractivity contribution >= 4 is 61.0 Å². The van der Waals surface area contributed by atoms with Crippen LogP contribution in [0.1, 0.15) is 23.6 Å². The predicted octanol–water partition coefficient (Wildman–Crippen LogP) is 11.6. The van der Waals surface area contributed by atoms with Crippen molar-refractivity contribution in [2.75, 3.05) is 0 Å². The summed E-state index contributed by atoms with van der Waals surface area (Å²) >= 11 is 0. The normalized spacial score (nSPS) is 12.2. The summed E-state index contributed by atoms with van der Waals surface area (Å²) in [5.41, 5.74) is 10.6. The van der Waals surface area contributed by atoms with Gasteiger partial charge in [-0.15, -0.1) is 0 Å². The second-order valence-corrected chi connectivity index (χ2v) is 13.1. The molecule has 252 valence electrons. The molecule has 0 fully saturated rings. The fourth-order valence-electron chi connectivity index (χ4n) is 7.05. The number of benzene rings is 7. The third-order valence-electron chi connectivity index (χ3n) is 9.78. The molecule has 2 heterocycles. The van der Waals surface area contributed by atoms with Gasteiger partial charge in [0.05, 0.1) is 27.5 Å². The molecule has 0 radical (unpaired) electrons. The lowest BCUT2D eigenvalue weighted by atomic mass is 10.0. The minimum Gasteiger partial charge on any atom is -0.456 e. The average molecular weight is 684 g/mol. The first kappa shape index (κ1) is 31.8. The Morgan fingerprint density at radius 2 is 1.15 bits per heavy atom. The Hall–Kier alpha value is -7.11. The lowest BCUT2D eigenvalue weighted by Gasteiger charge is -2.10. The summed E-state index contributed by atoms with van der Waals surface area (Å²) in [5, 5.41) is 3.43. The molecular weight excluding hydrogens is 651 g/mol. The van der Waals surface area contributed by atoms with Crippen molar-refractivity contribution < 1.29 is 4.42 Å². The second-order valence-electron chi connectivity index (χ2n) is 13.1. The highest BCUT2D eigenvalue weighted by molar-refractivity contribution is 6.16. The van der Waals surface area contributed by atoms with Gasteiger partial charge in [0.1, 0.15) is 11.2 Å². The Labute approximate surface area is 306 Å². The Bertz CT molecular complexity index is 2970. The molecule has 5 heteroatoms. The number of fused-ring (bicyclic) bond motifs is 5. The predicted molar refractivity (Wildman–Crippen MR) is 220 cm³/mol. The first-order valence-corrected chi connectivity index (χ1v) is 17.6. The summed E-state index contributed by atoms with van der Waals surface area (Å²) in [4.78, 5) is 23.3. The zero-order valence-corrected chi connectivity index (χ0v) is 29.0. The molecule has 5 nitrogen and oxygen atoms in total. The zero-order chi connectivity index (χ0) is 35.9. The van der Waals surface area contributed by atoms with Crippen LogP contribution in [0.5, 0.6) is 0 Å². The minimum atomic E-state index is -0.0278. The highest BCUT2D eigenvalue weighted by atomic mass is 16.3. The number of rotatable bonds is 6. The molecule has 0 saturated heterocycles. The Kier molecular flexibility index (Phi) is 7.94. The van der Waals surface area contributed by atoms with Gasteiger partial charge in [0.25, 0.3) is 0 Å². The van der Waals surface area contributed by atoms with E-state index in [-0.39, 0.29) is 5.43 Å². The lowest BCUT2D eigenvalue weighted by Crippen LogP contribution is -2.04. The van der Waals surface area contributed by atoms with Crippen LogP contribution in [-0.4, -0.2) is 16.1 Å². The van der Waals surface area contributed by atoms with Crippen LogP contribution in [0, 0.1) is 0 Å². The first-order chi connectivity index (χ1) is 26.0. The molecule has 0 aliphatic carbocycles. The number of para-hydroxylation sites is 3. The van der Waals surface area contributed by atoms with Gasteiger partial charge in [0, 0.05) is 27.7 Å². The molecule has 0 saturated carbocycles. The summed E-state index contributed by atoms with van der Waals surface area (Å²) in [6.45, 7) is 6.41. The van der Waals surface area contributed by atoms with Crippen LogP contribution in [0.2, 0.25) is 0 Å². The Balaban J connectivity index is 1.11. The van der Waals surface area contributed by atoms with Crippen LogP contribution >= 0.6 is 0 Å². The van der Waals surface area contributed by atoms with Crippen molar-refractivity contribution in [2.45, 2.75) is 6.92 Å². The molecule has 9 rings (SSSR count). The molecule has 0 unspecified atom stereocenters. The molecule has 0 aliphatic heterocycles. The minimum absolute atomic E-state index is 0.0278. The van der Waals surface area contributed by atoms with Crippen molar-refractivity contribution in [1.82, 2.24) is 4.57 Å². The highest BCUT2D eigenvalue weighted by Gasteiger charge is 2.15. The molecule has 7 aromatic carbocycles. The van der Waals surface area contributed by atoms with Gasteiger partial charge in [-0.25, -0.2) is 9.98 Å². The fraction of sp³-hybridized carbons (Fsp3) is 0.0208. The lowest BCUT2D eigenvalue weighted by molar-refractivity contribution is 0.660. The van der Waals surface area contributed by atoms with Gasteiger partial charge < -0.3 is 8.98 Å². The van der Waals surface area contributed by atoms with Crippen LogP contribution < -0.4 is 5.43 Å². The van der Waals surface area contributed by atoms with Crippen LogP contribution in [0.4, 0.5) is 0 Å². The molecule has 0 aliphatic rings. The summed E-state index contributed by atoms with van der Waals surface area (Å²) < 4.78 is 8.43. The average Bonchev–Trinajstić information content (AvgIpc) is 3.55. The van der Waals surface area contributed by atoms with Gasteiger partial charge in [0.2, 0.25) is 5.43 Å². The first-order valence-electron chi connectivity index (χ1n) is 17.6. The van der Waals surface area contributed by atoms with E-state index >= 15 is 0 Å². The number of hydrogen-bond donors (Lipinski definition) is 0. The van der Waals surface area contributed by atoms with Crippen molar-refractivity contribution in [3.05, 3.63) is 203 Å². The van der Waals surface area contributed by atoms with E-state index in [1.54, 1.807) is 6.07 Å². The van der Waals surface area contributed by atoms with Gasteiger partial charge in [-0.3, -0.25) is 4.79 Å². The molecule has 2 aromatic heterocycles. The van der Waals surface area contributed by atoms with Crippen LogP contribution in [0.3, 0.4) is 0 Å². The quantitative estimate of drug-likeness (QED) is 0.0995. The summed E-state index contributed by atoms with van der Waals surface area (Å²) in [6, 6.07) is 56.7. The number of amidine groups is 1. The largest absolute Gasteiger partial charge is 0.456 e. The van der Waals surface area contributed by atoms with Gasteiger partial charge in [-0.1, -0.05) is 116 Å². The van der Waals surface area contributed by atoms with Crippen molar-refractivity contribution in [1.29, 1.82) is 0 Å². The fourth-order valence-corrected chi connectivity index (χ4v) is 7.05. The molecule has 0 amide bonds. The van der Waals surface area contributed by atoms with E-state index in [1.165, 1.54) is 0 Å². The van der Waals surface area contributed by atoms with Crippen LogP contribution in [0.25, 0.3) is 66.3 Å². The van der Waals surface area contributed by atoms with Gasteiger partial charge >= 0.3 is 0 Å². The number of nitrogens with zero attached hydrogens (tertiary/aromatic N) is 3. The van der Waals surface area contributed by atoms with E-state index in [0.717, 1.165) is 61.0 Å². The third kappa shape index (κ3) is 5.84. The maximum Gasteiger partial charge on any atom is 0.200 e. The molecule has 0 N–H and O–H groups in total. The van der Waals surface area contributed by atoms with E-state index in [4.69, 9.17) is 14.4 Å². The summed E-state index contributed by atoms with van der Waals surface area (Å²) in [6.07, 6.45) is 0. The molecule has 0 bridgehead atoms. The molecule has 0 spiro atoms. The van der Waals surface area contributed by atoms with E-state index in [1.807, 2.05) is 91.9 Å². The van der Waals surface area contributed by atoms with Gasteiger partial charge in [0.15, 0.2) is 5.84 Å². The maximum atomic E-state index is 13.1. The van der Waals surface area contributed by atoms with E-state index < -0.39 is 0 Å². The van der Waals surface area contributed by atoms with E-state index in [0.29, 0.717) is 33.5 Å². The van der Waals surface area contributed by atoms with Crippen LogP contribution in [-0.2, 0) is 0 Å². The maximum absolute atomic E-state index is 13.1. The van der Waals surface area contributed by atoms with Crippen molar-refractivity contribution in [3.63, 3.8) is 0 Å². The van der Waals surface area contributed by atoms with E-state index in [2.05, 4.69) is 90.0 Å². The summed E-state index contributed by atoms with van der Waals surface area (Å²) in [5.74, 6) is 0.579. The highest BCUT2D eigenvalue weighted by Crippen LogP contribution is 2.33. The molecular formula is C48H33N3O2. The molecule has 53 heavy (non-hydrogen) atoms. The zero-order valence-electron chi connectivity index (χ0n) is 29.0. The number of hydrogen-bond acceptors (Lipinski definition) is 3.